The van der Waals surface area contributed by atoms with Gasteiger partial charge in [-0.1, -0.05) is 24.3 Å². The first-order chi connectivity index (χ1) is 15.1. The minimum Gasteiger partial charge on any atom is -0.383 e. The highest BCUT2D eigenvalue weighted by Gasteiger charge is 2.34. The number of nitrogens with zero attached hydrogens (tertiary/aromatic N) is 4. The zero-order valence-corrected chi connectivity index (χ0v) is 17.9. The van der Waals surface area contributed by atoms with Crippen LogP contribution in [-0.2, 0) is 9.53 Å². The van der Waals surface area contributed by atoms with Gasteiger partial charge in [-0.15, -0.1) is 0 Å². The highest BCUT2D eigenvalue weighted by Crippen LogP contribution is 2.32. The topological polar surface area (TPSA) is 76.1 Å². The summed E-state index contributed by atoms with van der Waals surface area (Å²) < 4.78 is 7.10. The van der Waals surface area contributed by atoms with Crippen molar-refractivity contribution in [2.45, 2.75) is 18.9 Å². The van der Waals surface area contributed by atoms with E-state index in [2.05, 4.69) is 52.6 Å². The number of carbonyl (C=O) groups excluding carboxylic acids is 1. The number of rotatable bonds is 6. The second kappa shape index (κ2) is 8.32. The molecule has 31 heavy (non-hydrogen) atoms. The maximum atomic E-state index is 12.4. The molecule has 5 rings (SSSR count). The van der Waals surface area contributed by atoms with Crippen LogP contribution in [0.1, 0.15) is 24.4 Å². The third kappa shape index (κ3) is 4.03. The van der Waals surface area contributed by atoms with E-state index in [-0.39, 0.29) is 6.04 Å². The Bertz CT molecular complexity index is 1070. The van der Waals surface area contributed by atoms with Gasteiger partial charge in [-0.05, 0) is 36.1 Å². The summed E-state index contributed by atoms with van der Waals surface area (Å²) in [7, 11) is 1.66. The Morgan fingerprint density at radius 3 is 2.55 bits per heavy atom. The molecule has 7 heteroatoms. The van der Waals surface area contributed by atoms with Crippen molar-refractivity contribution < 1.29 is 9.53 Å². The minimum absolute atomic E-state index is 0.120. The van der Waals surface area contributed by atoms with Gasteiger partial charge in [0.25, 0.3) is 0 Å². The van der Waals surface area contributed by atoms with Crippen molar-refractivity contribution in [3.05, 3.63) is 54.4 Å². The quantitative estimate of drug-likeness (QED) is 0.665. The van der Waals surface area contributed by atoms with Crippen molar-refractivity contribution in [3.63, 3.8) is 0 Å². The number of benzene rings is 1. The molecule has 0 radical (unpaired) electrons. The zero-order chi connectivity index (χ0) is 21.4. The molecule has 2 N–H and O–H groups in total. The highest BCUT2D eigenvalue weighted by atomic mass is 16.5. The average Bonchev–Trinajstić information content (AvgIpc) is 3.57. The van der Waals surface area contributed by atoms with Crippen molar-refractivity contribution in [1.29, 1.82) is 0 Å². The Morgan fingerprint density at radius 2 is 1.87 bits per heavy atom. The van der Waals surface area contributed by atoms with Gasteiger partial charge in [0.15, 0.2) is 0 Å². The summed E-state index contributed by atoms with van der Waals surface area (Å²) in [5, 5.41) is 4.52. The molecule has 2 aromatic heterocycles. The van der Waals surface area contributed by atoms with Crippen LogP contribution in [0, 0.1) is 5.92 Å². The molecule has 3 heterocycles. The Hall–Kier alpha value is -2.90. The summed E-state index contributed by atoms with van der Waals surface area (Å²) in [6.45, 7) is 3.79. The number of amides is 1. The molecule has 1 atom stereocenters. The molecule has 7 nitrogen and oxygen atoms in total. The number of aromatic nitrogens is 2. The number of hydrogen-bond acceptors (Lipinski definition) is 5. The van der Waals surface area contributed by atoms with Gasteiger partial charge >= 0.3 is 0 Å². The fraction of sp³-hybridized carbons (Fsp3) is 0.417. The standard InChI is InChI=1S/C24H29N5O2/c1-31-16-21(25)18-4-2-17(3-5-18)20-14-23-22(8-9-26-29(23)15-20)27-10-12-28(13-11-27)24(30)19-6-7-19/h2-5,8-9,14-15,19,21H,6-7,10-13,16,25H2,1H3. The summed E-state index contributed by atoms with van der Waals surface area (Å²) in [6.07, 6.45) is 6.04. The lowest BCUT2D eigenvalue weighted by Gasteiger charge is -2.36. The number of carbonyl (C=O) groups is 1. The van der Waals surface area contributed by atoms with Gasteiger partial charge in [0.2, 0.25) is 5.91 Å². The van der Waals surface area contributed by atoms with E-state index in [9.17, 15) is 4.79 Å². The molecule has 1 aliphatic heterocycles. The summed E-state index contributed by atoms with van der Waals surface area (Å²) in [6, 6.07) is 12.5. The molecule has 1 aliphatic carbocycles. The van der Waals surface area contributed by atoms with Crippen LogP contribution in [0.2, 0.25) is 0 Å². The largest absolute Gasteiger partial charge is 0.383 e. The number of fused-ring (bicyclic) bond motifs is 1. The lowest BCUT2D eigenvalue weighted by molar-refractivity contribution is -0.132. The second-order valence-electron chi connectivity index (χ2n) is 8.55. The monoisotopic (exact) mass is 419 g/mol. The predicted octanol–water partition coefficient (Wildman–Crippen LogP) is 2.71. The van der Waals surface area contributed by atoms with Crippen molar-refractivity contribution in [3.8, 4) is 11.1 Å². The van der Waals surface area contributed by atoms with E-state index in [0.717, 1.165) is 61.2 Å². The third-order valence-electron chi connectivity index (χ3n) is 6.36. The normalized spacial score (nSPS) is 17.9. The Balaban J connectivity index is 1.35. The van der Waals surface area contributed by atoms with Gasteiger partial charge in [-0.2, -0.15) is 5.10 Å². The molecule has 2 fully saturated rings. The van der Waals surface area contributed by atoms with Crippen LogP contribution >= 0.6 is 0 Å². The van der Waals surface area contributed by atoms with E-state index in [1.807, 2.05) is 15.6 Å². The first-order valence-electron chi connectivity index (χ1n) is 11.0. The number of methoxy groups -OCH3 is 1. The van der Waals surface area contributed by atoms with Crippen LogP contribution < -0.4 is 10.6 Å². The van der Waals surface area contributed by atoms with Crippen LogP contribution in [0.5, 0.6) is 0 Å². The fourth-order valence-electron chi connectivity index (χ4n) is 4.38. The number of nitrogens with two attached hydrogens (primary N) is 1. The van der Waals surface area contributed by atoms with Crippen LogP contribution in [0.4, 0.5) is 5.69 Å². The first-order valence-corrected chi connectivity index (χ1v) is 11.0. The fourth-order valence-corrected chi connectivity index (χ4v) is 4.38. The summed E-state index contributed by atoms with van der Waals surface area (Å²) in [5.74, 6) is 0.640. The molecule has 1 amide bonds. The van der Waals surface area contributed by atoms with Gasteiger partial charge in [0.1, 0.15) is 0 Å². The number of ether oxygens (including phenoxy) is 1. The van der Waals surface area contributed by atoms with Gasteiger partial charge < -0.3 is 20.3 Å². The summed E-state index contributed by atoms with van der Waals surface area (Å²) in [4.78, 5) is 16.8. The van der Waals surface area contributed by atoms with Gasteiger partial charge in [-0.25, -0.2) is 4.52 Å². The van der Waals surface area contributed by atoms with E-state index in [0.29, 0.717) is 18.4 Å². The van der Waals surface area contributed by atoms with E-state index in [1.165, 1.54) is 5.69 Å². The molecule has 2 aliphatic rings. The average molecular weight is 420 g/mol. The van der Waals surface area contributed by atoms with Crippen molar-refractivity contribution in [2.24, 2.45) is 11.7 Å². The Kier molecular flexibility index (Phi) is 5.38. The van der Waals surface area contributed by atoms with E-state index >= 15 is 0 Å². The number of hydrogen-bond donors (Lipinski definition) is 1. The minimum atomic E-state index is -0.120. The van der Waals surface area contributed by atoms with Crippen LogP contribution in [0.3, 0.4) is 0 Å². The van der Waals surface area contributed by atoms with Crippen LogP contribution in [0.25, 0.3) is 16.6 Å². The smallest absolute Gasteiger partial charge is 0.225 e. The maximum Gasteiger partial charge on any atom is 0.225 e. The second-order valence-corrected chi connectivity index (χ2v) is 8.55. The van der Waals surface area contributed by atoms with Crippen molar-refractivity contribution in [2.75, 3.05) is 44.8 Å². The SMILES string of the molecule is COCC(N)c1ccc(-c2cc3c(N4CCN(C(=O)C5CC5)CC4)ccnn3c2)cc1. The first kappa shape index (κ1) is 20.0. The molecule has 1 saturated heterocycles. The zero-order valence-electron chi connectivity index (χ0n) is 17.9. The molecule has 162 valence electrons. The van der Waals surface area contributed by atoms with E-state index in [1.54, 1.807) is 7.11 Å². The summed E-state index contributed by atoms with van der Waals surface area (Å²) >= 11 is 0. The molecule has 3 aromatic rings. The van der Waals surface area contributed by atoms with Crippen molar-refractivity contribution >= 4 is 17.1 Å². The molecule has 1 unspecified atom stereocenters. The van der Waals surface area contributed by atoms with Gasteiger partial charge in [0, 0.05) is 57.2 Å². The van der Waals surface area contributed by atoms with E-state index < -0.39 is 0 Å². The molecular weight excluding hydrogens is 390 g/mol. The van der Waals surface area contributed by atoms with Gasteiger partial charge in [-0.3, -0.25) is 4.79 Å². The number of piperazine rings is 1. The number of anilines is 1. The lowest BCUT2D eigenvalue weighted by atomic mass is 10.0. The molecule has 1 aromatic carbocycles. The molecular formula is C24H29N5O2. The molecule has 1 saturated carbocycles. The maximum absolute atomic E-state index is 12.4. The highest BCUT2D eigenvalue weighted by molar-refractivity contribution is 5.82. The van der Waals surface area contributed by atoms with E-state index in [4.69, 9.17) is 10.5 Å². The van der Waals surface area contributed by atoms with Crippen LogP contribution in [0.15, 0.2) is 48.8 Å². The van der Waals surface area contributed by atoms with Gasteiger partial charge in [0.05, 0.1) is 23.9 Å². The predicted molar refractivity (Wildman–Crippen MR) is 121 cm³/mol. The summed E-state index contributed by atoms with van der Waals surface area (Å²) in [5.41, 5.74) is 11.7. The van der Waals surface area contributed by atoms with Crippen LogP contribution in [-0.4, -0.2) is 60.3 Å². The molecule has 0 spiro atoms. The lowest BCUT2D eigenvalue weighted by Crippen LogP contribution is -2.49. The Labute approximate surface area is 182 Å². The molecule has 0 bridgehead atoms. The van der Waals surface area contributed by atoms with Crippen molar-refractivity contribution in [1.82, 2.24) is 14.5 Å². The third-order valence-corrected chi connectivity index (χ3v) is 6.36. The Morgan fingerprint density at radius 1 is 1.13 bits per heavy atom.